The molecule has 0 unspecified atom stereocenters. The van der Waals surface area contributed by atoms with E-state index in [1.165, 1.54) is 6.21 Å². The van der Waals surface area contributed by atoms with Gasteiger partial charge in [-0.25, -0.2) is 5.43 Å². The number of carbonyl (C=O) groups excluding carboxylic acids is 1. The van der Waals surface area contributed by atoms with E-state index in [1.54, 1.807) is 43.3 Å². The van der Waals surface area contributed by atoms with E-state index in [4.69, 9.17) is 9.68 Å². The molecule has 0 spiro atoms. The highest BCUT2D eigenvalue weighted by Crippen LogP contribution is 2.05. The average molecular weight is 253 g/mol. The molecule has 5 nitrogen and oxygen atoms in total. The van der Waals surface area contributed by atoms with Crippen LogP contribution >= 0.6 is 0 Å². The number of rotatable bonds is 3. The van der Waals surface area contributed by atoms with Crippen molar-refractivity contribution in [1.29, 1.82) is 5.26 Å². The molecule has 1 N–H and O–H groups in total. The molecular formula is C14H11N3O2. The predicted molar refractivity (Wildman–Crippen MR) is 69.7 cm³/mol. The zero-order valence-corrected chi connectivity index (χ0v) is 10.3. The van der Waals surface area contributed by atoms with Crippen LogP contribution in [0.2, 0.25) is 0 Å². The van der Waals surface area contributed by atoms with Crippen LogP contribution in [0.25, 0.3) is 0 Å². The second kappa shape index (κ2) is 5.65. The van der Waals surface area contributed by atoms with Gasteiger partial charge in [0.2, 0.25) is 0 Å². The molecule has 0 saturated carbocycles. The van der Waals surface area contributed by atoms with E-state index in [9.17, 15) is 4.79 Å². The molecular weight excluding hydrogens is 242 g/mol. The van der Waals surface area contributed by atoms with Crippen molar-refractivity contribution >= 4 is 12.1 Å². The largest absolute Gasteiger partial charge is 0.456 e. The third-order valence-corrected chi connectivity index (χ3v) is 2.38. The van der Waals surface area contributed by atoms with Crippen molar-refractivity contribution in [3.63, 3.8) is 0 Å². The van der Waals surface area contributed by atoms with Gasteiger partial charge < -0.3 is 4.42 Å². The average Bonchev–Trinajstić information content (AvgIpc) is 2.86. The summed E-state index contributed by atoms with van der Waals surface area (Å²) in [5.41, 5.74) is 3.72. The van der Waals surface area contributed by atoms with Gasteiger partial charge in [0.05, 0.1) is 17.8 Å². The predicted octanol–water partition coefficient (Wildman–Crippen LogP) is 2.22. The van der Waals surface area contributed by atoms with Crippen molar-refractivity contribution in [2.45, 2.75) is 6.92 Å². The monoisotopic (exact) mass is 253 g/mol. The maximum atomic E-state index is 11.6. The number of hydrogen-bond donors (Lipinski definition) is 1. The standard InChI is InChI=1S/C14H11N3O2/c1-10-2-7-13(19-10)14(18)17-16-9-12-5-3-11(8-15)4-6-12/h2-7,9H,1H3,(H,17,18)/b16-9-. The van der Waals surface area contributed by atoms with E-state index in [1.807, 2.05) is 6.07 Å². The Morgan fingerprint density at radius 3 is 2.63 bits per heavy atom. The molecule has 0 saturated heterocycles. The maximum Gasteiger partial charge on any atom is 0.307 e. The Morgan fingerprint density at radius 1 is 1.32 bits per heavy atom. The first-order valence-corrected chi connectivity index (χ1v) is 5.59. The molecule has 1 aromatic heterocycles. The van der Waals surface area contributed by atoms with Gasteiger partial charge in [0, 0.05) is 0 Å². The third kappa shape index (κ3) is 3.30. The van der Waals surface area contributed by atoms with E-state index >= 15 is 0 Å². The number of amides is 1. The van der Waals surface area contributed by atoms with Crippen molar-refractivity contribution in [2.75, 3.05) is 0 Å². The smallest absolute Gasteiger partial charge is 0.307 e. The lowest BCUT2D eigenvalue weighted by Gasteiger charge is -1.96. The van der Waals surface area contributed by atoms with Crippen molar-refractivity contribution in [3.05, 3.63) is 59.0 Å². The minimum atomic E-state index is -0.405. The van der Waals surface area contributed by atoms with Crippen molar-refractivity contribution in [2.24, 2.45) is 5.10 Å². The Balaban J connectivity index is 1.96. The number of nitrogens with one attached hydrogen (secondary N) is 1. The van der Waals surface area contributed by atoms with Crippen LogP contribution in [0.4, 0.5) is 0 Å². The van der Waals surface area contributed by atoms with E-state index in [-0.39, 0.29) is 5.76 Å². The number of hydrogen-bond acceptors (Lipinski definition) is 4. The third-order valence-electron chi connectivity index (χ3n) is 2.38. The number of furan rings is 1. The molecule has 0 bridgehead atoms. The molecule has 19 heavy (non-hydrogen) atoms. The minimum Gasteiger partial charge on any atom is -0.456 e. The molecule has 0 fully saturated rings. The number of aryl methyl sites for hydroxylation is 1. The summed E-state index contributed by atoms with van der Waals surface area (Å²) in [6.07, 6.45) is 1.49. The van der Waals surface area contributed by atoms with Gasteiger partial charge in [0.15, 0.2) is 5.76 Å². The summed E-state index contributed by atoms with van der Waals surface area (Å²) in [4.78, 5) is 11.6. The first-order valence-electron chi connectivity index (χ1n) is 5.59. The van der Waals surface area contributed by atoms with Crippen LogP contribution in [0, 0.1) is 18.3 Å². The van der Waals surface area contributed by atoms with Gasteiger partial charge in [-0.15, -0.1) is 0 Å². The number of nitriles is 1. The lowest BCUT2D eigenvalue weighted by Crippen LogP contribution is -2.16. The summed E-state index contributed by atoms with van der Waals surface area (Å²) in [5, 5.41) is 12.5. The van der Waals surface area contributed by atoms with Gasteiger partial charge in [0.25, 0.3) is 0 Å². The van der Waals surface area contributed by atoms with Gasteiger partial charge in [-0.3, -0.25) is 4.79 Å². The summed E-state index contributed by atoms with van der Waals surface area (Å²) < 4.78 is 5.16. The van der Waals surface area contributed by atoms with Gasteiger partial charge in [0.1, 0.15) is 5.76 Å². The highest BCUT2D eigenvalue weighted by Gasteiger charge is 2.07. The van der Waals surface area contributed by atoms with Crippen molar-refractivity contribution in [1.82, 2.24) is 5.43 Å². The Kier molecular flexibility index (Phi) is 3.74. The maximum absolute atomic E-state index is 11.6. The molecule has 1 aromatic carbocycles. The second-order valence-corrected chi connectivity index (χ2v) is 3.84. The number of carbonyl (C=O) groups is 1. The molecule has 2 rings (SSSR count). The quantitative estimate of drug-likeness (QED) is 0.673. The van der Waals surface area contributed by atoms with Gasteiger partial charge in [-0.1, -0.05) is 12.1 Å². The highest BCUT2D eigenvalue weighted by molar-refractivity contribution is 5.92. The molecule has 0 aliphatic carbocycles. The topological polar surface area (TPSA) is 78.4 Å². The van der Waals surface area contributed by atoms with Gasteiger partial charge >= 0.3 is 5.91 Å². The van der Waals surface area contributed by atoms with Gasteiger partial charge in [-0.05, 0) is 36.8 Å². The molecule has 1 amide bonds. The zero-order valence-electron chi connectivity index (χ0n) is 10.3. The first-order chi connectivity index (χ1) is 9.19. The molecule has 0 aliphatic heterocycles. The SMILES string of the molecule is Cc1ccc(C(=O)N/N=C\c2ccc(C#N)cc2)o1. The minimum absolute atomic E-state index is 0.217. The fourth-order valence-electron chi connectivity index (χ4n) is 1.42. The Bertz CT molecular complexity index is 648. The van der Waals surface area contributed by atoms with Crippen LogP contribution in [-0.2, 0) is 0 Å². The van der Waals surface area contributed by atoms with E-state index in [0.29, 0.717) is 11.3 Å². The summed E-state index contributed by atoms with van der Waals surface area (Å²) in [5.74, 6) is 0.480. The Hall–Kier alpha value is -2.87. The van der Waals surface area contributed by atoms with Crippen LogP contribution in [0.3, 0.4) is 0 Å². The molecule has 94 valence electrons. The van der Waals surface area contributed by atoms with Crippen LogP contribution < -0.4 is 5.43 Å². The fraction of sp³-hybridized carbons (Fsp3) is 0.0714. The van der Waals surface area contributed by atoms with Crippen LogP contribution in [0.15, 0.2) is 45.9 Å². The summed E-state index contributed by atoms with van der Waals surface area (Å²) in [7, 11) is 0. The molecule has 1 heterocycles. The van der Waals surface area contributed by atoms with Crippen molar-refractivity contribution < 1.29 is 9.21 Å². The second-order valence-electron chi connectivity index (χ2n) is 3.84. The van der Waals surface area contributed by atoms with Crippen LogP contribution in [-0.4, -0.2) is 12.1 Å². The number of benzene rings is 1. The Morgan fingerprint density at radius 2 is 2.05 bits per heavy atom. The Labute approximate surface area is 110 Å². The lowest BCUT2D eigenvalue weighted by molar-refractivity contribution is 0.0926. The van der Waals surface area contributed by atoms with E-state index in [0.717, 1.165) is 5.56 Å². The fourth-order valence-corrected chi connectivity index (χ4v) is 1.42. The molecule has 0 aliphatic rings. The first kappa shape index (κ1) is 12.6. The lowest BCUT2D eigenvalue weighted by atomic mass is 10.2. The number of hydrazone groups is 1. The van der Waals surface area contributed by atoms with Crippen LogP contribution in [0.1, 0.15) is 27.4 Å². The highest BCUT2D eigenvalue weighted by atomic mass is 16.3. The van der Waals surface area contributed by atoms with E-state index in [2.05, 4.69) is 10.5 Å². The number of nitrogens with zero attached hydrogens (tertiary/aromatic N) is 2. The summed E-state index contributed by atoms with van der Waals surface area (Å²) >= 11 is 0. The molecule has 0 radical (unpaired) electrons. The normalized spacial score (nSPS) is 10.3. The summed E-state index contributed by atoms with van der Waals surface area (Å²) in [6.45, 7) is 1.76. The zero-order chi connectivity index (χ0) is 13.7. The van der Waals surface area contributed by atoms with Crippen molar-refractivity contribution in [3.8, 4) is 6.07 Å². The van der Waals surface area contributed by atoms with Gasteiger partial charge in [-0.2, -0.15) is 10.4 Å². The molecule has 0 atom stereocenters. The summed E-state index contributed by atoms with van der Waals surface area (Å²) in [6, 6.07) is 12.2. The van der Waals surface area contributed by atoms with E-state index < -0.39 is 5.91 Å². The molecule has 5 heteroatoms. The van der Waals surface area contributed by atoms with Crippen LogP contribution in [0.5, 0.6) is 0 Å². The molecule has 2 aromatic rings.